The van der Waals surface area contributed by atoms with Gasteiger partial charge in [-0.2, -0.15) is 0 Å². The number of benzene rings is 10. The van der Waals surface area contributed by atoms with E-state index in [0.717, 1.165) is 56.4 Å². The first kappa shape index (κ1) is 35.0. The molecule has 0 amide bonds. The molecule has 2 nitrogen and oxygen atoms in total. The normalized spacial score (nSPS) is 12.9. The smallest absolute Gasteiger partial charge is 0.132 e. The lowest BCUT2D eigenvalue weighted by Crippen LogP contribution is -2.32. The molecule has 1 aliphatic carbocycles. The van der Waals surface area contributed by atoms with E-state index in [0.29, 0.717) is 0 Å². The van der Waals surface area contributed by atoms with Crippen molar-refractivity contribution in [1.29, 1.82) is 0 Å². The largest absolute Gasteiger partial charge is 0.457 e. The van der Waals surface area contributed by atoms with E-state index in [-0.39, 0.29) is 0 Å². The van der Waals surface area contributed by atoms with Crippen LogP contribution in [0.1, 0.15) is 22.3 Å². The van der Waals surface area contributed by atoms with E-state index >= 15 is 0 Å². The van der Waals surface area contributed by atoms with Crippen LogP contribution in [0.5, 0.6) is 11.5 Å². The third-order valence-corrected chi connectivity index (χ3v) is 12.7. The third-order valence-electron chi connectivity index (χ3n) is 12.7. The molecule has 0 atom stereocenters. The third kappa shape index (κ3) is 5.57. The van der Waals surface area contributed by atoms with Crippen molar-refractivity contribution in [2.45, 2.75) is 5.41 Å². The van der Waals surface area contributed by atoms with Crippen LogP contribution in [0.2, 0.25) is 0 Å². The Labute approximate surface area is 356 Å². The first-order valence-corrected chi connectivity index (χ1v) is 21.0. The molecule has 0 bridgehead atoms. The summed E-state index contributed by atoms with van der Waals surface area (Å²) in [6.45, 7) is 0. The van der Waals surface area contributed by atoms with Gasteiger partial charge in [-0.05, 0) is 115 Å². The first-order valence-electron chi connectivity index (χ1n) is 21.0. The molecule has 10 aromatic carbocycles. The molecule has 2 heteroatoms. The van der Waals surface area contributed by atoms with Gasteiger partial charge < -0.3 is 9.64 Å². The van der Waals surface area contributed by atoms with E-state index in [2.05, 4.69) is 241 Å². The zero-order valence-corrected chi connectivity index (χ0v) is 33.4. The number of anilines is 3. The quantitative estimate of drug-likeness (QED) is 0.167. The van der Waals surface area contributed by atoms with E-state index in [1.54, 1.807) is 0 Å². The molecule has 0 N–H and O–H groups in total. The van der Waals surface area contributed by atoms with Crippen LogP contribution in [0.4, 0.5) is 17.1 Å². The number of hydrogen-bond acceptors (Lipinski definition) is 2. The Bertz CT molecular complexity index is 3190. The standard InChI is InChI=1S/C59H39NO/c1-4-16-40(17-5-1)45-29-34-57-54(37-45)59(55-38-46(30-35-58(55)61-57)41-18-6-2-7-19-41)52-26-14-12-25-50(52)51-33-32-48(39-53(51)59)60(47-31-28-42-20-10-11-23-44(42)36-47)56-27-15-13-24-49(56)43-21-8-3-9-22-43/h1-39H. The highest BCUT2D eigenvalue weighted by atomic mass is 16.5. The minimum Gasteiger partial charge on any atom is -0.457 e. The number of para-hydroxylation sites is 1. The molecule has 0 aromatic heterocycles. The molecule has 1 spiro atoms. The van der Waals surface area contributed by atoms with E-state index in [9.17, 15) is 0 Å². The lowest BCUT2D eigenvalue weighted by molar-refractivity contribution is 0.436. The van der Waals surface area contributed by atoms with Gasteiger partial charge in [-0.15, -0.1) is 0 Å². The molecule has 61 heavy (non-hydrogen) atoms. The van der Waals surface area contributed by atoms with Crippen LogP contribution in [-0.2, 0) is 5.41 Å². The van der Waals surface area contributed by atoms with Crippen molar-refractivity contribution >= 4 is 27.8 Å². The average molecular weight is 778 g/mol. The molecule has 0 unspecified atom stereocenters. The van der Waals surface area contributed by atoms with Crippen molar-refractivity contribution in [3.8, 4) is 56.0 Å². The van der Waals surface area contributed by atoms with Gasteiger partial charge in [0.1, 0.15) is 11.5 Å². The van der Waals surface area contributed by atoms with Crippen LogP contribution in [0.3, 0.4) is 0 Å². The van der Waals surface area contributed by atoms with Gasteiger partial charge in [0.25, 0.3) is 0 Å². The molecule has 0 fully saturated rings. The van der Waals surface area contributed by atoms with Crippen LogP contribution in [0, 0.1) is 0 Å². The highest BCUT2D eigenvalue weighted by molar-refractivity contribution is 5.96. The zero-order chi connectivity index (χ0) is 40.3. The maximum Gasteiger partial charge on any atom is 0.132 e. The van der Waals surface area contributed by atoms with Gasteiger partial charge in [-0.25, -0.2) is 0 Å². The van der Waals surface area contributed by atoms with Crippen molar-refractivity contribution in [3.05, 3.63) is 259 Å². The average Bonchev–Trinajstić information content (AvgIpc) is 3.62. The fraction of sp³-hybridized carbons (Fsp3) is 0.0169. The van der Waals surface area contributed by atoms with Crippen molar-refractivity contribution in [2.75, 3.05) is 4.90 Å². The summed E-state index contributed by atoms with van der Waals surface area (Å²) < 4.78 is 6.99. The molecule has 10 aromatic rings. The van der Waals surface area contributed by atoms with Gasteiger partial charge in [-0.3, -0.25) is 0 Å². The highest BCUT2D eigenvalue weighted by Crippen LogP contribution is 2.63. The SMILES string of the molecule is c1ccc(-c2ccc3c(c2)C2(c4cc(-c5ccccc5)ccc4O3)c3ccccc3-c3ccc(N(c4ccc5ccccc5c4)c4ccccc4-c4ccccc4)cc32)cc1. The number of ether oxygens (including phenoxy) is 1. The summed E-state index contributed by atoms with van der Waals surface area (Å²) in [5.74, 6) is 1.74. The molecular weight excluding hydrogens is 739 g/mol. The van der Waals surface area contributed by atoms with Crippen LogP contribution in [-0.4, -0.2) is 0 Å². The molecule has 2 aliphatic rings. The monoisotopic (exact) mass is 777 g/mol. The Morgan fingerprint density at radius 3 is 1.48 bits per heavy atom. The molecule has 286 valence electrons. The van der Waals surface area contributed by atoms with Crippen molar-refractivity contribution in [2.24, 2.45) is 0 Å². The van der Waals surface area contributed by atoms with E-state index in [4.69, 9.17) is 4.74 Å². The summed E-state index contributed by atoms with van der Waals surface area (Å²) in [7, 11) is 0. The van der Waals surface area contributed by atoms with Crippen LogP contribution < -0.4 is 9.64 Å². The van der Waals surface area contributed by atoms with Crippen molar-refractivity contribution in [3.63, 3.8) is 0 Å². The minimum absolute atomic E-state index is 0.700. The van der Waals surface area contributed by atoms with Gasteiger partial charge >= 0.3 is 0 Å². The van der Waals surface area contributed by atoms with Crippen molar-refractivity contribution in [1.82, 2.24) is 0 Å². The zero-order valence-electron chi connectivity index (χ0n) is 33.4. The number of hydrogen-bond donors (Lipinski definition) is 0. The molecule has 0 saturated heterocycles. The van der Waals surface area contributed by atoms with Crippen molar-refractivity contribution < 1.29 is 4.74 Å². The van der Waals surface area contributed by atoms with Gasteiger partial charge in [0.05, 0.1) is 11.1 Å². The topological polar surface area (TPSA) is 12.5 Å². The molecule has 0 radical (unpaired) electrons. The predicted molar refractivity (Wildman–Crippen MR) is 252 cm³/mol. The second kappa shape index (κ2) is 14.1. The Morgan fingerprint density at radius 2 is 0.803 bits per heavy atom. The van der Waals surface area contributed by atoms with Crippen LogP contribution in [0.25, 0.3) is 55.3 Å². The van der Waals surface area contributed by atoms with E-state index in [1.165, 1.54) is 49.7 Å². The summed E-state index contributed by atoms with van der Waals surface area (Å²) in [5.41, 5.74) is 16.8. The van der Waals surface area contributed by atoms with E-state index in [1.807, 2.05) is 0 Å². The highest BCUT2D eigenvalue weighted by Gasteiger charge is 2.51. The number of rotatable bonds is 6. The van der Waals surface area contributed by atoms with Crippen LogP contribution >= 0.6 is 0 Å². The number of nitrogens with zero attached hydrogens (tertiary/aromatic N) is 1. The summed E-state index contributed by atoms with van der Waals surface area (Å²) in [6, 6.07) is 86.0. The second-order valence-electron chi connectivity index (χ2n) is 16.0. The molecule has 12 rings (SSSR count). The van der Waals surface area contributed by atoms with Gasteiger partial charge in [0, 0.05) is 28.1 Å². The fourth-order valence-electron chi connectivity index (χ4n) is 9.97. The van der Waals surface area contributed by atoms with E-state index < -0.39 is 5.41 Å². The minimum atomic E-state index is -0.700. The lowest BCUT2D eigenvalue weighted by Gasteiger charge is -2.40. The molecule has 0 saturated carbocycles. The molecular formula is C59H39NO. The Hall–Kier alpha value is -7.94. The summed E-state index contributed by atoms with van der Waals surface area (Å²) >= 11 is 0. The number of fused-ring (bicyclic) bond motifs is 10. The molecule has 1 aliphatic heterocycles. The Morgan fingerprint density at radius 1 is 0.295 bits per heavy atom. The van der Waals surface area contributed by atoms with Crippen LogP contribution in [0.15, 0.2) is 237 Å². The lowest BCUT2D eigenvalue weighted by atomic mass is 9.65. The molecule has 1 heterocycles. The van der Waals surface area contributed by atoms with Gasteiger partial charge in [-0.1, -0.05) is 182 Å². The first-order chi connectivity index (χ1) is 30.2. The Kier molecular flexibility index (Phi) is 8.11. The fourth-order valence-corrected chi connectivity index (χ4v) is 9.97. The predicted octanol–water partition coefficient (Wildman–Crippen LogP) is 15.8. The second-order valence-corrected chi connectivity index (χ2v) is 16.0. The summed E-state index contributed by atoms with van der Waals surface area (Å²) in [6.07, 6.45) is 0. The Balaban J connectivity index is 1.17. The van der Waals surface area contributed by atoms with Gasteiger partial charge in [0.15, 0.2) is 0 Å². The maximum atomic E-state index is 6.99. The summed E-state index contributed by atoms with van der Waals surface area (Å²) in [4.78, 5) is 2.45. The van der Waals surface area contributed by atoms with Gasteiger partial charge in [0.2, 0.25) is 0 Å². The summed E-state index contributed by atoms with van der Waals surface area (Å²) in [5, 5.41) is 2.41. The maximum absolute atomic E-state index is 6.99.